The molecule has 0 spiro atoms. The second-order valence-corrected chi connectivity index (χ2v) is 15.3. The van der Waals surface area contributed by atoms with Gasteiger partial charge < -0.3 is 0 Å². The summed E-state index contributed by atoms with van der Waals surface area (Å²) in [5.41, 5.74) is 20.0. The Hall–Kier alpha value is -3.84. The number of benzene rings is 4. The first-order chi connectivity index (χ1) is 22.4. The number of aromatic nitrogens is 1. The van der Waals surface area contributed by atoms with Crippen molar-refractivity contribution < 1.29 is 4.57 Å². The lowest BCUT2D eigenvalue weighted by Gasteiger charge is -2.37. The summed E-state index contributed by atoms with van der Waals surface area (Å²) < 4.78 is 2.29. The number of hydrogen-bond acceptors (Lipinski definition) is 0. The highest BCUT2D eigenvalue weighted by atomic mass is 14.9. The van der Waals surface area contributed by atoms with Crippen LogP contribution in [0.5, 0.6) is 0 Å². The molecule has 1 aliphatic heterocycles. The molecule has 3 heteroatoms. The maximum Gasteiger partial charge on any atom is 0.240 e. The Morgan fingerprint density at radius 1 is 0.489 bits per heavy atom. The maximum absolute atomic E-state index is 2.58. The van der Waals surface area contributed by atoms with Crippen LogP contribution < -0.4 is 37.3 Å². The van der Waals surface area contributed by atoms with E-state index in [4.69, 9.17) is 0 Å². The fourth-order valence-corrected chi connectivity index (χ4v) is 8.34. The second kappa shape index (κ2) is 13.0. The van der Waals surface area contributed by atoms with Gasteiger partial charge in [-0.25, -0.2) is 4.57 Å². The van der Waals surface area contributed by atoms with Gasteiger partial charge in [0.15, 0.2) is 6.20 Å². The van der Waals surface area contributed by atoms with Crippen LogP contribution >= 0.6 is 0 Å². The predicted molar refractivity (Wildman–Crippen MR) is 208 cm³/mol. The number of hydrogen-bond donors (Lipinski definition) is 0. The van der Waals surface area contributed by atoms with Crippen LogP contribution in [-0.2, 0) is 7.05 Å². The molecule has 238 valence electrons. The zero-order chi connectivity index (χ0) is 33.7. The van der Waals surface area contributed by atoms with Gasteiger partial charge in [0, 0.05) is 17.7 Å². The van der Waals surface area contributed by atoms with Crippen molar-refractivity contribution in [1.82, 2.24) is 0 Å². The van der Waals surface area contributed by atoms with Gasteiger partial charge in [-0.2, -0.15) is 0 Å². The highest BCUT2D eigenvalue weighted by Gasteiger charge is 2.42. The van der Waals surface area contributed by atoms with Gasteiger partial charge in [0.2, 0.25) is 19.1 Å². The molecule has 0 aliphatic carbocycles. The molecule has 0 N–H and O–H groups in total. The third kappa shape index (κ3) is 5.81. The van der Waals surface area contributed by atoms with E-state index in [9.17, 15) is 0 Å². The number of aryl methyl sites for hydroxylation is 3. The molecule has 0 amide bonds. The largest absolute Gasteiger partial charge is 0.240 e. The van der Waals surface area contributed by atoms with Crippen LogP contribution in [0.3, 0.4) is 0 Å². The van der Waals surface area contributed by atoms with Gasteiger partial charge in [-0.05, 0) is 70.9 Å². The van der Waals surface area contributed by atoms with Crippen LogP contribution in [0.4, 0.5) is 0 Å². The molecule has 0 unspecified atom stereocenters. The van der Waals surface area contributed by atoms with E-state index in [2.05, 4.69) is 172 Å². The Morgan fingerprint density at radius 3 is 1.34 bits per heavy atom. The Labute approximate surface area is 285 Å². The van der Waals surface area contributed by atoms with Crippen molar-refractivity contribution in [3.8, 4) is 11.3 Å². The van der Waals surface area contributed by atoms with E-state index in [1.54, 1.807) is 0 Å². The lowest BCUT2D eigenvalue weighted by atomic mass is 9.20. The molecule has 0 radical (unpaired) electrons. The van der Waals surface area contributed by atoms with Crippen LogP contribution in [-0.4, -0.2) is 13.4 Å². The van der Waals surface area contributed by atoms with E-state index in [1.165, 1.54) is 77.4 Å². The maximum atomic E-state index is 2.58. The molecule has 4 aromatic carbocycles. The normalized spacial score (nSPS) is 12.8. The molecule has 1 aliphatic rings. The molecule has 0 saturated carbocycles. The van der Waals surface area contributed by atoms with Crippen LogP contribution in [0.15, 0.2) is 91.1 Å². The van der Waals surface area contributed by atoms with Crippen molar-refractivity contribution in [3.05, 3.63) is 125 Å². The van der Waals surface area contributed by atoms with Crippen molar-refractivity contribution in [1.29, 1.82) is 0 Å². The highest BCUT2D eigenvalue weighted by Crippen LogP contribution is 2.26. The zero-order valence-electron chi connectivity index (χ0n) is 30.6. The van der Waals surface area contributed by atoms with Crippen LogP contribution in [0.1, 0.15) is 112 Å². The van der Waals surface area contributed by atoms with E-state index in [0.717, 1.165) is 0 Å². The summed E-state index contributed by atoms with van der Waals surface area (Å²) in [6, 6.07) is 33.3. The van der Waals surface area contributed by atoms with E-state index in [-0.39, 0.29) is 13.4 Å². The average Bonchev–Trinajstić information content (AvgIpc) is 3.03. The minimum atomic E-state index is 0.150. The molecule has 0 atom stereocenters. The monoisotopic (exact) mass is 616 g/mol. The molecular formula is C44H52B2N+. The Balaban J connectivity index is 1.79. The molecule has 47 heavy (non-hydrogen) atoms. The summed E-state index contributed by atoms with van der Waals surface area (Å²) in [4.78, 5) is 0. The van der Waals surface area contributed by atoms with Crippen LogP contribution in [0.25, 0.3) is 11.3 Å². The van der Waals surface area contributed by atoms with Crippen molar-refractivity contribution in [2.45, 2.75) is 92.9 Å². The average molecular weight is 617 g/mol. The van der Waals surface area contributed by atoms with Gasteiger partial charge in [-0.3, -0.25) is 0 Å². The molecule has 1 aromatic heterocycles. The first kappa shape index (κ1) is 33.1. The lowest BCUT2D eigenvalue weighted by molar-refractivity contribution is -0.660. The molecule has 0 saturated heterocycles. The number of fused-ring (bicyclic) bond motifs is 2. The van der Waals surface area contributed by atoms with Gasteiger partial charge in [-0.15, -0.1) is 0 Å². The lowest BCUT2D eigenvalue weighted by Crippen LogP contribution is -2.76. The van der Waals surface area contributed by atoms with E-state index < -0.39 is 0 Å². The Bertz CT molecular complexity index is 1900. The summed E-state index contributed by atoms with van der Waals surface area (Å²) in [6.45, 7) is 23.7. The van der Waals surface area contributed by atoms with E-state index in [1.807, 2.05) is 0 Å². The smallest absolute Gasteiger partial charge is 0.201 e. The minimum Gasteiger partial charge on any atom is -0.201 e. The van der Waals surface area contributed by atoms with E-state index in [0.29, 0.717) is 23.7 Å². The van der Waals surface area contributed by atoms with E-state index >= 15 is 0 Å². The quantitative estimate of drug-likeness (QED) is 0.140. The Kier molecular flexibility index (Phi) is 9.14. The molecule has 6 rings (SSSR count). The summed E-state index contributed by atoms with van der Waals surface area (Å²) >= 11 is 0. The molecule has 0 fully saturated rings. The highest BCUT2D eigenvalue weighted by molar-refractivity contribution is 7.11. The van der Waals surface area contributed by atoms with Crippen molar-refractivity contribution in [2.75, 3.05) is 0 Å². The first-order valence-corrected chi connectivity index (χ1v) is 17.9. The fraction of sp³-hybridized carbons (Fsp3) is 0.341. The molecule has 1 nitrogen and oxygen atoms in total. The fourth-order valence-electron chi connectivity index (χ4n) is 8.34. The predicted octanol–water partition coefficient (Wildman–Crippen LogP) is 6.63. The van der Waals surface area contributed by atoms with Gasteiger partial charge in [0.25, 0.3) is 0 Å². The van der Waals surface area contributed by atoms with Crippen LogP contribution in [0, 0.1) is 13.8 Å². The van der Waals surface area contributed by atoms with Gasteiger partial charge >= 0.3 is 0 Å². The topological polar surface area (TPSA) is 3.88 Å². The molecule has 0 bridgehead atoms. The van der Waals surface area contributed by atoms with Crippen LogP contribution in [0.2, 0.25) is 0 Å². The van der Waals surface area contributed by atoms with Gasteiger partial charge in [0.05, 0.1) is 0 Å². The van der Waals surface area contributed by atoms with Crippen molar-refractivity contribution in [2.24, 2.45) is 7.05 Å². The summed E-state index contributed by atoms with van der Waals surface area (Å²) in [6.07, 6.45) is 2.21. The SMILES string of the molecule is Cc1cc[n+](C)c(-c2cc3c(cc2C)B(c2c(C(C)C)cccc2C(C)C)c2ccccc2B3c2c(C(C)C)cccc2C(C)C)c1. The van der Waals surface area contributed by atoms with Gasteiger partial charge in [-0.1, -0.05) is 161 Å². The summed E-state index contributed by atoms with van der Waals surface area (Å²) in [5.74, 6) is 1.70. The number of nitrogens with zero attached hydrogens (tertiary/aromatic N) is 1. The first-order valence-electron chi connectivity index (χ1n) is 17.9. The molecule has 2 heterocycles. The van der Waals surface area contributed by atoms with Crippen molar-refractivity contribution >= 4 is 46.2 Å². The molecule has 5 aromatic rings. The second-order valence-electron chi connectivity index (χ2n) is 15.3. The zero-order valence-corrected chi connectivity index (χ0v) is 30.6. The summed E-state index contributed by atoms with van der Waals surface area (Å²) in [5, 5.41) is 0. The molecular weight excluding hydrogens is 564 g/mol. The third-order valence-corrected chi connectivity index (χ3v) is 10.7. The van der Waals surface area contributed by atoms with Crippen molar-refractivity contribution in [3.63, 3.8) is 0 Å². The number of rotatable bonds is 7. The Morgan fingerprint density at radius 2 is 0.915 bits per heavy atom. The minimum absolute atomic E-state index is 0.150. The standard InChI is InChI=1S/C44H52B2N/c1-27(2)33-16-14-17-34(28(3)4)43(33)45-38-20-12-13-21-39(38)46(44-35(29(5)6)18-15-19-36(44)30(7)8)41-26-37(32(10)25-40(41)45)42-24-31(9)22-23-47(42)11/h12-30H,1-11H3/q+1. The third-order valence-electron chi connectivity index (χ3n) is 10.7. The summed E-state index contributed by atoms with van der Waals surface area (Å²) in [7, 11) is 2.18. The number of pyridine rings is 1. The van der Waals surface area contributed by atoms with Gasteiger partial charge in [0.1, 0.15) is 7.05 Å².